The summed E-state index contributed by atoms with van der Waals surface area (Å²) in [6, 6.07) is 24.1. The summed E-state index contributed by atoms with van der Waals surface area (Å²) in [5.41, 5.74) is 11.9. The number of nitro benzene ring substituents is 1. The zero-order valence-corrected chi connectivity index (χ0v) is 18.7. The SMILES string of the molecule is N=NC=NN.O=[N+]([O-])c1ccc(N2NC(c3ccccc3)=NN2c2ccc(I)cc2)cc1. The fraction of sp³-hybridized carbons (Fsp3) is 0. The number of nitrogens with one attached hydrogen (secondary N) is 2. The van der Waals surface area contributed by atoms with Gasteiger partial charge in [0, 0.05) is 21.3 Å². The maximum absolute atomic E-state index is 10.9. The molecule has 3 aromatic rings. The molecule has 0 bridgehead atoms. The van der Waals surface area contributed by atoms with E-state index in [1.54, 1.807) is 22.4 Å². The topological polar surface area (TPSA) is 149 Å². The van der Waals surface area contributed by atoms with Crippen molar-refractivity contribution in [2.24, 2.45) is 21.2 Å². The number of nitrogens with two attached hydrogens (primary N) is 1. The lowest BCUT2D eigenvalue weighted by molar-refractivity contribution is -0.384. The van der Waals surface area contributed by atoms with E-state index in [-0.39, 0.29) is 5.69 Å². The highest BCUT2D eigenvalue weighted by molar-refractivity contribution is 14.1. The monoisotopic (exact) mass is 543 g/mol. The largest absolute Gasteiger partial charge is 0.322 e. The maximum atomic E-state index is 10.9. The van der Waals surface area contributed by atoms with Crippen molar-refractivity contribution in [2.45, 2.75) is 0 Å². The van der Waals surface area contributed by atoms with Gasteiger partial charge in [0.05, 0.1) is 16.3 Å². The minimum atomic E-state index is -0.413. The summed E-state index contributed by atoms with van der Waals surface area (Å²) in [6.45, 7) is 0. The summed E-state index contributed by atoms with van der Waals surface area (Å²) in [4.78, 5) is 10.5. The van der Waals surface area contributed by atoms with Gasteiger partial charge in [-0.2, -0.15) is 15.3 Å². The molecule has 11 nitrogen and oxygen atoms in total. The molecule has 0 saturated carbocycles. The van der Waals surface area contributed by atoms with Gasteiger partial charge in [-0.3, -0.25) is 15.5 Å². The molecule has 12 heteroatoms. The van der Waals surface area contributed by atoms with E-state index >= 15 is 0 Å². The van der Waals surface area contributed by atoms with Gasteiger partial charge in [0.2, 0.25) is 0 Å². The Labute approximate surface area is 197 Å². The molecule has 0 fully saturated rings. The first-order valence-electron chi connectivity index (χ1n) is 9.12. The van der Waals surface area contributed by atoms with E-state index in [0.717, 1.165) is 26.8 Å². The Balaban J connectivity index is 0.000000523. The molecule has 4 N–H and O–H groups in total. The number of nitro groups is 1. The molecule has 0 atom stereocenters. The highest BCUT2D eigenvalue weighted by atomic mass is 127. The van der Waals surface area contributed by atoms with Crippen LogP contribution in [0.3, 0.4) is 0 Å². The van der Waals surface area contributed by atoms with Crippen molar-refractivity contribution in [3.8, 4) is 0 Å². The van der Waals surface area contributed by atoms with Crippen LogP contribution in [0.25, 0.3) is 0 Å². The van der Waals surface area contributed by atoms with Crippen LogP contribution in [0, 0.1) is 19.2 Å². The fourth-order valence-corrected chi connectivity index (χ4v) is 3.06. The Morgan fingerprint density at radius 3 is 2.19 bits per heavy atom. The minimum Gasteiger partial charge on any atom is -0.322 e. The smallest absolute Gasteiger partial charge is 0.269 e. The number of halogens is 1. The van der Waals surface area contributed by atoms with Gasteiger partial charge in [-0.25, -0.2) is 5.53 Å². The predicted molar refractivity (Wildman–Crippen MR) is 131 cm³/mol. The van der Waals surface area contributed by atoms with Crippen LogP contribution in [0.5, 0.6) is 0 Å². The number of hydrogen-bond donors (Lipinski definition) is 3. The van der Waals surface area contributed by atoms with Crippen LogP contribution in [0.15, 0.2) is 94.2 Å². The highest BCUT2D eigenvalue weighted by Crippen LogP contribution is 2.27. The Morgan fingerprint density at radius 1 is 1.03 bits per heavy atom. The summed E-state index contributed by atoms with van der Waals surface area (Å²) in [5, 5.41) is 24.7. The molecule has 0 radical (unpaired) electrons. The van der Waals surface area contributed by atoms with Crippen LogP contribution in [-0.2, 0) is 0 Å². The summed E-state index contributed by atoms with van der Waals surface area (Å²) in [6.07, 6.45) is 0.944. The van der Waals surface area contributed by atoms with Crippen LogP contribution >= 0.6 is 22.6 Å². The molecule has 3 aromatic carbocycles. The standard InChI is InChI=1S/C19H14IN5O2.CH4N4/c20-15-6-8-16(9-7-15)23-21-19(14-4-2-1-3-5-14)22-24(23)17-10-12-18(13-11-17)25(26)27;2-4-1-5-3/h1-13H,(H,21,22);1-2H,3H2. The average molecular weight is 543 g/mol. The van der Waals surface area contributed by atoms with E-state index in [1.807, 2.05) is 54.6 Å². The van der Waals surface area contributed by atoms with Crippen LogP contribution in [0.2, 0.25) is 0 Å². The minimum absolute atomic E-state index is 0.0444. The zero-order chi connectivity index (χ0) is 22.9. The third kappa shape index (κ3) is 5.54. The second-order valence-corrected chi connectivity index (χ2v) is 7.42. The molecule has 32 heavy (non-hydrogen) atoms. The molecule has 1 aliphatic heterocycles. The number of hydrazone groups is 2. The molecule has 0 aliphatic carbocycles. The second-order valence-electron chi connectivity index (χ2n) is 6.17. The van der Waals surface area contributed by atoms with Gasteiger partial charge in [0.15, 0.2) is 12.2 Å². The van der Waals surface area contributed by atoms with Crippen LogP contribution in [0.1, 0.15) is 5.56 Å². The lowest BCUT2D eigenvalue weighted by Crippen LogP contribution is -2.44. The number of amidine groups is 1. The lowest BCUT2D eigenvalue weighted by atomic mass is 10.2. The molecule has 1 heterocycles. The molecule has 0 saturated heterocycles. The number of rotatable bonds is 5. The summed E-state index contributed by atoms with van der Waals surface area (Å²) < 4.78 is 1.12. The van der Waals surface area contributed by atoms with E-state index < -0.39 is 4.92 Å². The van der Waals surface area contributed by atoms with Gasteiger partial charge in [-0.15, -0.1) is 10.2 Å². The van der Waals surface area contributed by atoms with Crippen LogP contribution in [-0.4, -0.2) is 17.1 Å². The molecule has 0 unspecified atom stereocenters. The van der Waals surface area contributed by atoms with E-state index in [1.165, 1.54) is 12.1 Å². The number of non-ortho nitro benzene ring substituents is 1. The van der Waals surface area contributed by atoms with E-state index in [4.69, 9.17) is 10.6 Å². The van der Waals surface area contributed by atoms with Gasteiger partial charge >= 0.3 is 0 Å². The van der Waals surface area contributed by atoms with Gasteiger partial charge in [-0.1, -0.05) is 30.3 Å². The summed E-state index contributed by atoms with van der Waals surface area (Å²) in [7, 11) is 0. The third-order valence-corrected chi connectivity index (χ3v) is 4.85. The third-order valence-electron chi connectivity index (χ3n) is 4.13. The Kier molecular flexibility index (Phi) is 7.64. The number of hydrazine groups is 2. The van der Waals surface area contributed by atoms with Gasteiger partial charge in [0.25, 0.3) is 5.69 Å². The quantitative estimate of drug-likeness (QED) is 0.0835. The number of benzene rings is 3. The highest BCUT2D eigenvalue weighted by Gasteiger charge is 2.26. The number of nitrogens with zero attached hydrogens (tertiary/aromatic N) is 6. The van der Waals surface area contributed by atoms with Crippen molar-refractivity contribution in [3.05, 3.63) is 98.1 Å². The first kappa shape index (κ1) is 22.6. The molecular weight excluding hydrogens is 525 g/mol. The average Bonchev–Trinajstić information content (AvgIpc) is 3.27. The van der Waals surface area contributed by atoms with Crippen molar-refractivity contribution < 1.29 is 4.92 Å². The second kappa shape index (κ2) is 10.8. The lowest BCUT2D eigenvalue weighted by Gasteiger charge is -2.27. The molecule has 0 spiro atoms. The van der Waals surface area contributed by atoms with Crippen molar-refractivity contribution in [1.82, 2.24) is 5.43 Å². The van der Waals surface area contributed by atoms with E-state index in [0.29, 0.717) is 5.84 Å². The summed E-state index contributed by atoms with van der Waals surface area (Å²) in [5.74, 6) is 5.18. The Hall–Kier alpha value is -4.07. The first-order chi connectivity index (χ1) is 15.5. The van der Waals surface area contributed by atoms with Crippen molar-refractivity contribution >= 4 is 51.8 Å². The van der Waals surface area contributed by atoms with Gasteiger partial charge < -0.3 is 5.84 Å². The normalized spacial score (nSPS) is 12.6. The molecule has 162 valence electrons. The molecular formula is C20H18IN9O2. The Bertz CT molecular complexity index is 1120. The number of hydrogen-bond acceptors (Lipinski definition) is 9. The Morgan fingerprint density at radius 2 is 1.66 bits per heavy atom. The maximum Gasteiger partial charge on any atom is 0.269 e. The zero-order valence-electron chi connectivity index (χ0n) is 16.5. The summed E-state index contributed by atoms with van der Waals surface area (Å²) >= 11 is 2.25. The van der Waals surface area contributed by atoms with Crippen molar-refractivity contribution in [1.29, 1.82) is 5.53 Å². The van der Waals surface area contributed by atoms with Crippen LogP contribution < -0.4 is 21.5 Å². The van der Waals surface area contributed by atoms with E-state index in [2.05, 4.69) is 44.1 Å². The van der Waals surface area contributed by atoms with Crippen LogP contribution in [0.4, 0.5) is 17.1 Å². The molecule has 4 rings (SSSR count). The number of anilines is 2. The van der Waals surface area contributed by atoms with Crippen molar-refractivity contribution in [3.63, 3.8) is 0 Å². The van der Waals surface area contributed by atoms with Crippen molar-refractivity contribution in [2.75, 3.05) is 10.2 Å². The first-order valence-corrected chi connectivity index (χ1v) is 10.2. The van der Waals surface area contributed by atoms with E-state index in [9.17, 15) is 10.1 Å². The van der Waals surface area contributed by atoms with Gasteiger partial charge in [-0.05, 0) is 59.0 Å². The predicted octanol–water partition coefficient (Wildman–Crippen LogP) is 4.23. The van der Waals surface area contributed by atoms with Gasteiger partial charge in [0.1, 0.15) is 0 Å². The molecule has 1 aliphatic rings. The molecule has 0 amide bonds. The molecule has 0 aromatic heterocycles. The fourth-order valence-electron chi connectivity index (χ4n) is 2.70.